The number of amides is 1. The molecule has 2 N–H and O–H groups in total. The summed E-state index contributed by atoms with van der Waals surface area (Å²) >= 11 is 0. The van der Waals surface area contributed by atoms with Crippen LogP contribution in [0.3, 0.4) is 0 Å². The van der Waals surface area contributed by atoms with Gasteiger partial charge in [0.25, 0.3) is 0 Å². The van der Waals surface area contributed by atoms with Crippen LogP contribution in [-0.4, -0.2) is 33.7 Å². The van der Waals surface area contributed by atoms with Crippen LogP contribution in [0.5, 0.6) is 0 Å². The summed E-state index contributed by atoms with van der Waals surface area (Å²) in [6.45, 7) is 0. The molecule has 1 aliphatic rings. The summed E-state index contributed by atoms with van der Waals surface area (Å²) in [6.07, 6.45) is 5.62. The topological polar surface area (TPSA) is 64.2 Å². The molecule has 2 rings (SSSR count). The molecule has 1 unspecified atom stereocenters. The largest absolute Gasteiger partial charge is 0.341 e. The van der Waals surface area contributed by atoms with Gasteiger partial charge in [-0.1, -0.05) is 0 Å². The summed E-state index contributed by atoms with van der Waals surface area (Å²) in [6, 6.07) is -0.176. The van der Waals surface area contributed by atoms with Crippen molar-refractivity contribution in [2.24, 2.45) is 12.8 Å². The van der Waals surface area contributed by atoms with Crippen LogP contribution in [0, 0.1) is 0 Å². The fourth-order valence-corrected chi connectivity index (χ4v) is 1.60. The van der Waals surface area contributed by atoms with Crippen molar-refractivity contribution in [2.45, 2.75) is 24.9 Å². The molecular weight excluding hydrogens is 192 g/mol. The first-order chi connectivity index (χ1) is 7.09. The molecule has 1 amide bonds. The average molecular weight is 208 g/mol. The molecule has 1 aromatic heterocycles. The predicted octanol–water partition coefficient (Wildman–Crippen LogP) is 0.0407. The summed E-state index contributed by atoms with van der Waals surface area (Å²) in [5.74, 6) is -0.0227. The van der Waals surface area contributed by atoms with Gasteiger partial charge in [0.1, 0.15) is 6.04 Å². The number of carbonyl (C=O) groups is 1. The number of nitrogens with two attached hydrogens (primary N) is 1. The molecule has 0 bridgehead atoms. The zero-order valence-corrected chi connectivity index (χ0v) is 9.05. The van der Waals surface area contributed by atoms with Gasteiger partial charge in [-0.05, 0) is 12.8 Å². The number of hydrogen-bond acceptors (Lipinski definition) is 3. The second kappa shape index (κ2) is 3.66. The molecule has 5 nitrogen and oxygen atoms in total. The molecule has 1 atom stereocenters. The molecule has 15 heavy (non-hydrogen) atoms. The van der Waals surface area contributed by atoms with Gasteiger partial charge in [0, 0.05) is 31.9 Å². The minimum atomic E-state index is -0.579. The smallest absolute Gasteiger partial charge is 0.244 e. The van der Waals surface area contributed by atoms with Crippen molar-refractivity contribution < 1.29 is 4.79 Å². The highest BCUT2D eigenvalue weighted by Crippen LogP contribution is 2.27. The SMILES string of the molecule is CN(C(=O)C(N)c1cnn(C)c1)C1CC1. The first-order valence-corrected chi connectivity index (χ1v) is 5.10. The second-order valence-corrected chi connectivity index (χ2v) is 4.11. The van der Waals surface area contributed by atoms with E-state index in [1.807, 2.05) is 14.1 Å². The van der Waals surface area contributed by atoms with Gasteiger partial charge in [-0.25, -0.2) is 0 Å². The van der Waals surface area contributed by atoms with Gasteiger partial charge in [0.05, 0.1) is 6.20 Å². The lowest BCUT2D eigenvalue weighted by molar-refractivity contribution is -0.131. The molecule has 0 aliphatic heterocycles. The Morgan fingerprint density at radius 2 is 2.40 bits per heavy atom. The molecule has 1 aliphatic carbocycles. The molecule has 0 spiro atoms. The van der Waals surface area contributed by atoms with E-state index in [9.17, 15) is 4.79 Å². The second-order valence-electron chi connectivity index (χ2n) is 4.11. The van der Waals surface area contributed by atoms with E-state index in [-0.39, 0.29) is 5.91 Å². The Morgan fingerprint density at radius 1 is 1.73 bits per heavy atom. The average Bonchev–Trinajstić information content (AvgIpc) is 2.98. The Bertz CT molecular complexity index is 369. The van der Waals surface area contributed by atoms with Crippen molar-refractivity contribution in [1.29, 1.82) is 0 Å². The minimum absolute atomic E-state index is 0.0227. The van der Waals surface area contributed by atoms with Crippen LogP contribution >= 0.6 is 0 Å². The normalized spacial score (nSPS) is 17.5. The summed E-state index contributed by atoms with van der Waals surface area (Å²) in [4.78, 5) is 13.6. The third kappa shape index (κ3) is 2.02. The number of carbonyl (C=O) groups excluding carboxylic acids is 1. The third-order valence-electron chi connectivity index (χ3n) is 2.79. The number of aryl methyl sites for hydroxylation is 1. The van der Waals surface area contributed by atoms with E-state index in [2.05, 4.69) is 5.10 Å². The number of likely N-dealkylation sites (N-methyl/N-ethyl adjacent to an activating group) is 1. The third-order valence-corrected chi connectivity index (χ3v) is 2.79. The highest BCUT2D eigenvalue weighted by molar-refractivity contribution is 5.83. The van der Waals surface area contributed by atoms with Crippen molar-refractivity contribution in [1.82, 2.24) is 14.7 Å². The molecule has 1 heterocycles. The highest BCUT2D eigenvalue weighted by atomic mass is 16.2. The zero-order chi connectivity index (χ0) is 11.0. The molecule has 5 heteroatoms. The molecule has 0 radical (unpaired) electrons. The maximum atomic E-state index is 11.9. The molecule has 1 fully saturated rings. The Morgan fingerprint density at radius 3 is 2.87 bits per heavy atom. The van der Waals surface area contributed by atoms with Gasteiger partial charge in [0.2, 0.25) is 5.91 Å². The van der Waals surface area contributed by atoms with Gasteiger partial charge in [0.15, 0.2) is 0 Å². The van der Waals surface area contributed by atoms with E-state index in [0.29, 0.717) is 6.04 Å². The van der Waals surface area contributed by atoms with E-state index in [0.717, 1.165) is 18.4 Å². The zero-order valence-electron chi connectivity index (χ0n) is 9.05. The van der Waals surface area contributed by atoms with Crippen LogP contribution in [0.25, 0.3) is 0 Å². The van der Waals surface area contributed by atoms with E-state index in [1.165, 1.54) is 0 Å². The number of aromatic nitrogens is 2. The van der Waals surface area contributed by atoms with Crippen LogP contribution in [0.15, 0.2) is 12.4 Å². The lowest BCUT2D eigenvalue weighted by atomic mass is 10.1. The first-order valence-electron chi connectivity index (χ1n) is 5.10. The molecule has 0 aromatic carbocycles. The summed E-state index contributed by atoms with van der Waals surface area (Å²) in [5.41, 5.74) is 6.65. The van der Waals surface area contributed by atoms with Crippen LogP contribution in [-0.2, 0) is 11.8 Å². The molecular formula is C10H16N4O. The van der Waals surface area contributed by atoms with Crippen molar-refractivity contribution in [2.75, 3.05) is 7.05 Å². The minimum Gasteiger partial charge on any atom is -0.341 e. The van der Waals surface area contributed by atoms with Crippen molar-refractivity contribution in [3.8, 4) is 0 Å². The fourth-order valence-electron chi connectivity index (χ4n) is 1.60. The van der Waals surface area contributed by atoms with Crippen molar-refractivity contribution in [3.05, 3.63) is 18.0 Å². The number of nitrogens with zero attached hydrogens (tertiary/aromatic N) is 3. The molecule has 0 saturated heterocycles. The van der Waals surface area contributed by atoms with Crippen LogP contribution in [0.1, 0.15) is 24.4 Å². The van der Waals surface area contributed by atoms with E-state index in [1.54, 1.807) is 22.0 Å². The maximum absolute atomic E-state index is 11.9. The number of hydrogen-bond donors (Lipinski definition) is 1. The lowest BCUT2D eigenvalue weighted by Crippen LogP contribution is -2.37. The quantitative estimate of drug-likeness (QED) is 0.762. The van der Waals surface area contributed by atoms with Gasteiger partial charge >= 0.3 is 0 Å². The Labute approximate surface area is 88.8 Å². The van der Waals surface area contributed by atoms with E-state index < -0.39 is 6.04 Å². The number of rotatable bonds is 3. The standard InChI is InChI=1S/C10H16N4O/c1-13-6-7(5-12-13)9(11)10(15)14(2)8-3-4-8/h5-6,8-9H,3-4,11H2,1-2H3. The van der Waals surface area contributed by atoms with Gasteiger partial charge in [-0.3, -0.25) is 9.48 Å². The fraction of sp³-hybridized carbons (Fsp3) is 0.600. The molecule has 1 saturated carbocycles. The monoisotopic (exact) mass is 208 g/mol. The van der Waals surface area contributed by atoms with Crippen LogP contribution in [0.2, 0.25) is 0 Å². The first kappa shape index (κ1) is 10.2. The Kier molecular flexibility index (Phi) is 2.48. The predicted molar refractivity (Wildman–Crippen MR) is 55.9 cm³/mol. The van der Waals surface area contributed by atoms with Gasteiger partial charge < -0.3 is 10.6 Å². The van der Waals surface area contributed by atoms with Crippen molar-refractivity contribution >= 4 is 5.91 Å². The van der Waals surface area contributed by atoms with Gasteiger partial charge in [-0.15, -0.1) is 0 Å². The molecule has 1 aromatic rings. The Balaban J connectivity index is 2.06. The lowest BCUT2D eigenvalue weighted by Gasteiger charge is -2.19. The Hall–Kier alpha value is -1.36. The summed E-state index contributed by atoms with van der Waals surface area (Å²) < 4.78 is 1.65. The van der Waals surface area contributed by atoms with Crippen molar-refractivity contribution in [3.63, 3.8) is 0 Å². The molecule has 82 valence electrons. The van der Waals surface area contributed by atoms with Gasteiger partial charge in [-0.2, -0.15) is 5.10 Å². The van der Waals surface area contributed by atoms with E-state index >= 15 is 0 Å². The maximum Gasteiger partial charge on any atom is 0.244 e. The van der Waals surface area contributed by atoms with E-state index in [4.69, 9.17) is 5.73 Å². The summed E-state index contributed by atoms with van der Waals surface area (Å²) in [5, 5.41) is 4.01. The summed E-state index contributed by atoms with van der Waals surface area (Å²) in [7, 11) is 3.63. The van der Waals surface area contributed by atoms with Crippen LogP contribution < -0.4 is 5.73 Å². The highest BCUT2D eigenvalue weighted by Gasteiger charge is 2.32. The van der Waals surface area contributed by atoms with Crippen LogP contribution in [0.4, 0.5) is 0 Å².